The van der Waals surface area contributed by atoms with Gasteiger partial charge in [0.25, 0.3) is 0 Å². The van der Waals surface area contributed by atoms with E-state index in [1.807, 2.05) is 18.2 Å². The second-order valence-corrected chi connectivity index (χ2v) is 8.59. The van der Waals surface area contributed by atoms with E-state index in [-0.39, 0.29) is 24.3 Å². The highest BCUT2D eigenvalue weighted by Gasteiger charge is 2.45. The number of esters is 1. The number of nitrogens with one attached hydrogen (secondary N) is 3. The Morgan fingerprint density at radius 3 is 2.62 bits per heavy atom. The van der Waals surface area contributed by atoms with Crippen LogP contribution >= 0.6 is 0 Å². The fourth-order valence-electron chi connectivity index (χ4n) is 4.69. The van der Waals surface area contributed by atoms with Crippen molar-refractivity contribution in [3.8, 4) is 0 Å². The molecular formula is C24H30N4O6. The number of rotatable bonds is 6. The monoisotopic (exact) mass is 470 g/mol. The maximum Gasteiger partial charge on any atom is 0.319 e. The number of ether oxygens (including phenoxy) is 2. The van der Waals surface area contributed by atoms with Gasteiger partial charge in [0.1, 0.15) is 18.1 Å². The number of para-hydroxylation sites is 1. The van der Waals surface area contributed by atoms with Crippen LogP contribution in [0.4, 0.5) is 10.5 Å². The highest BCUT2D eigenvalue weighted by molar-refractivity contribution is 5.96. The third kappa shape index (κ3) is 5.39. The number of fused-ring (bicyclic) bond motifs is 1. The zero-order valence-corrected chi connectivity index (χ0v) is 19.1. The van der Waals surface area contributed by atoms with Crippen molar-refractivity contribution in [3.63, 3.8) is 0 Å². The molecule has 0 saturated carbocycles. The molecule has 4 amide bonds. The Balaban J connectivity index is 1.44. The van der Waals surface area contributed by atoms with E-state index in [0.29, 0.717) is 38.0 Å². The molecular weight excluding hydrogens is 440 g/mol. The molecule has 0 aliphatic carbocycles. The van der Waals surface area contributed by atoms with Crippen LogP contribution < -0.4 is 16.0 Å². The van der Waals surface area contributed by atoms with Gasteiger partial charge in [0.15, 0.2) is 0 Å². The average Bonchev–Trinajstić information content (AvgIpc) is 3.38. The van der Waals surface area contributed by atoms with Gasteiger partial charge < -0.3 is 30.3 Å². The molecule has 2 fully saturated rings. The van der Waals surface area contributed by atoms with Crippen LogP contribution in [0.5, 0.6) is 0 Å². The first-order chi connectivity index (χ1) is 16.5. The first-order valence-electron chi connectivity index (χ1n) is 11.7. The molecule has 1 aromatic rings. The van der Waals surface area contributed by atoms with Crippen LogP contribution in [0, 0.1) is 0 Å². The molecule has 3 N–H and O–H groups in total. The Bertz CT molecular complexity index is 952. The van der Waals surface area contributed by atoms with Crippen LogP contribution in [0.1, 0.15) is 39.0 Å². The Morgan fingerprint density at radius 1 is 1.09 bits per heavy atom. The molecule has 0 radical (unpaired) electrons. The van der Waals surface area contributed by atoms with Crippen molar-refractivity contribution in [3.05, 3.63) is 42.5 Å². The molecule has 10 nitrogen and oxygen atoms in total. The summed E-state index contributed by atoms with van der Waals surface area (Å²) in [6.45, 7) is 2.12. The summed E-state index contributed by atoms with van der Waals surface area (Å²) in [5.41, 5.74) is 0.613. The third-order valence-corrected chi connectivity index (χ3v) is 6.26. The zero-order valence-electron chi connectivity index (χ0n) is 19.1. The van der Waals surface area contributed by atoms with Gasteiger partial charge in [-0.2, -0.15) is 0 Å². The largest absolute Gasteiger partial charge is 0.433 e. The number of hydrogen-bond acceptors (Lipinski definition) is 6. The number of cyclic esters (lactones) is 1. The third-order valence-electron chi connectivity index (χ3n) is 6.26. The highest BCUT2D eigenvalue weighted by atomic mass is 16.7. The fraction of sp³-hybridized carbons (Fsp3) is 0.500. The van der Waals surface area contributed by atoms with Gasteiger partial charge in [0, 0.05) is 18.3 Å². The van der Waals surface area contributed by atoms with Crippen molar-refractivity contribution >= 4 is 29.5 Å². The molecule has 3 aliphatic rings. The van der Waals surface area contributed by atoms with Crippen molar-refractivity contribution in [1.82, 2.24) is 15.5 Å². The SMILES string of the molecule is CCOC1OC(=O)CC1NC(=O)[C@@H]1CC[C@H]2C/C=C\C[C@H](NC(=O)Nc3ccccc3)C(=O)N21. The number of carbonyl (C=O) groups is 4. The lowest BCUT2D eigenvalue weighted by atomic mass is 10.0. The summed E-state index contributed by atoms with van der Waals surface area (Å²) in [6.07, 6.45) is 5.22. The van der Waals surface area contributed by atoms with Gasteiger partial charge >= 0.3 is 12.0 Å². The summed E-state index contributed by atoms with van der Waals surface area (Å²) < 4.78 is 10.6. The van der Waals surface area contributed by atoms with E-state index in [4.69, 9.17) is 9.47 Å². The molecule has 3 heterocycles. The lowest BCUT2D eigenvalue weighted by Gasteiger charge is -2.34. The maximum absolute atomic E-state index is 13.5. The number of nitrogens with zero attached hydrogens (tertiary/aromatic N) is 1. The van der Waals surface area contributed by atoms with Gasteiger partial charge in [-0.05, 0) is 44.7 Å². The van der Waals surface area contributed by atoms with E-state index < -0.39 is 36.4 Å². The lowest BCUT2D eigenvalue weighted by Crippen LogP contribution is -2.57. The predicted octanol–water partition coefficient (Wildman–Crippen LogP) is 1.68. The molecule has 0 bridgehead atoms. The molecule has 34 heavy (non-hydrogen) atoms. The minimum absolute atomic E-state index is 0.0209. The van der Waals surface area contributed by atoms with Gasteiger partial charge in [-0.25, -0.2) is 4.79 Å². The summed E-state index contributed by atoms with van der Waals surface area (Å²) in [4.78, 5) is 52.5. The molecule has 4 rings (SSSR count). The van der Waals surface area contributed by atoms with Crippen LogP contribution in [-0.4, -0.2) is 65.8 Å². The van der Waals surface area contributed by atoms with Crippen LogP contribution in [-0.2, 0) is 23.9 Å². The van der Waals surface area contributed by atoms with Gasteiger partial charge in [-0.15, -0.1) is 0 Å². The molecule has 2 unspecified atom stereocenters. The molecule has 0 spiro atoms. The van der Waals surface area contributed by atoms with Crippen molar-refractivity contribution in [2.24, 2.45) is 0 Å². The Kier molecular flexibility index (Phi) is 7.46. The van der Waals surface area contributed by atoms with Crippen molar-refractivity contribution < 1.29 is 28.7 Å². The number of amides is 4. The lowest BCUT2D eigenvalue weighted by molar-refractivity contribution is -0.164. The molecule has 3 aliphatic heterocycles. The summed E-state index contributed by atoms with van der Waals surface area (Å²) in [6, 6.07) is 6.23. The first-order valence-corrected chi connectivity index (χ1v) is 11.7. The predicted molar refractivity (Wildman–Crippen MR) is 122 cm³/mol. The first kappa shape index (κ1) is 23.7. The summed E-state index contributed by atoms with van der Waals surface area (Å²) in [5.74, 6) is -1.08. The minimum Gasteiger partial charge on any atom is -0.433 e. The maximum atomic E-state index is 13.5. The van der Waals surface area contributed by atoms with E-state index in [9.17, 15) is 19.2 Å². The second-order valence-electron chi connectivity index (χ2n) is 8.59. The standard InChI is InChI=1S/C24H30N4O6/c1-2-33-23-18(14-20(29)34-23)26-21(30)19-13-12-16-10-6-7-11-17(22(31)28(16)19)27-24(32)25-15-8-4-3-5-9-15/h3-9,16-19,23H,2,10-14H2,1H3,(H,26,30)(H2,25,27,32)/b7-6-/t16-,17+,18?,19+,23?/m1/s1. The quantitative estimate of drug-likeness (QED) is 0.429. The number of urea groups is 1. The molecule has 1 aromatic carbocycles. The number of hydrogen-bond donors (Lipinski definition) is 3. The number of carbonyl (C=O) groups excluding carboxylic acids is 4. The summed E-state index contributed by atoms with van der Waals surface area (Å²) in [5, 5.41) is 8.32. The molecule has 182 valence electrons. The minimum atomic E-state index is -0.833. The molecule has 5 atom stereocenters. The number of benzene rings is 1. The van der Waals surface area contributed by atoms with Gasteiger partial charge in [-0.1, -0.05) is 30.4 Å². The van der Waals surface area contributed by atoms with Crippen molar-refractivity contribution in [2.75, 3.05) is 11.9 Å². The topological polar surface area (TPSA) is 126 Å². The van der Waals surface area contributed by atoms with E-state index in [1.165, 1.54) is 0 Å². The van der Waals surface area contributed by atoms with Crippen LogP contribution in [0.3, 0.4) is 0 Å². The van der Waals surface area contributed by atoms with Crippen LogP contribution in [0.15, 0.2) is 42.5 Å². The second kappa shape index (κ2) is 10.7. The summed E-state index contributed by atoms with van der Waals surface area (Å²) in [7, 11) is 0. The van der Waals surface area contributed by atoms with Gasteiger partial charge in [0.05, 0.1) is 6.42 Å². The van der Waals surface area contributed by atoms with Gasteiger partial charge in [-0.3, -0.25) is 14.4 Å². The van der Waals surface area contributed by atoms with E-state index >= 15 is 0 Å². The normalized spacial score (nSPS) is 29.4. The zero-order chi connectivity index (χ0) is 24.1. The molecule has 0 aromatic heterocycles. The fourth-order valence-corrected chi connectivity index (χ4v) is 4.69. The summed E-state index contributed by atoms with van der Waals surface area (Å²) >= 11 is 0. The Labute approximate surface area is 198 Å². The van der Waals surface area contributed by atoms with E-state index in [2.05, 4.69) is 16.0 Å². The Hall–Kier alpha value is -3.40. The average molecular weight is 471 g/mol. The van der Waals surface area contributed by atoms with Crippen molar-refractivity contribution in [1.29, 1.82) is 0 Å². The smallest absolute Gasteiger partial charge is 0.319 e. The van der Waals surface area contributed by atoms with E-state index in [1.54, 1.807) is 36.1 Å². The van der Waals surface area contributed by atoms with E-state index in [0.717, 1.165) is 0 Å². The van der Waals surface area contributed by atoms with Crippen LogP contribution in [0.25, 0.3) is 0 Å². The van der Waals surface area contributed by atoms with Crippen molar-refractivity contribution in [2.45, 2.75) is 69.5 Å². The molecule has 10 heteroatoms. The van der Waals surface area contributed by atoms with Gasteiger partial charge in [0.2, 0.25) is 18.1 Å². The van der Waals surface area contributed by atoms with Crippen LogP contribution in [0.2, 0.25) is 0 Å². The Morgan fingerprint density at radius 2 is 1.85 bits per heavy atom. The highest BCUT2D eigenvalue weighted by Crippen LogP contribution is 2.30. The number of anilines is 1. The molecule has 2 saturated heterocycles.